The first-order chi connectivity index (χ1) is 17.4. The van der Waals surface area contributed by atoms with Gasteiger partial charge in [0.15, 0.2) is 11.5 Å². The van der Waals surface area contributed by atoms with Gasteiger partial charge in [0.2, 0.25) is 6.61 Å². The van der Waals surface area contributed by atoms with Gasteiger partial charge in [0, 0.05) is 5.56 Å². The predicted molar refractivity (Wildman–Crippen MR) is 119 cm³/mol. The normalized spacial score (nSPS) is 11.9. The van der Waals surface area contributed by atoms with E-state index < -0.39 is 36.1 Å². The lowest BCUT2D eigenvalue weighted by atomic mass is 10.1. The first-order valence-electron chi connectivity index (χ1n) is 10.5. The second-order valence-electron chi connectivity index (χ2n) is 7.55. The minimum Gasteiger partial charge on any atom is -0.485 e. The second kappa shape index (κ2) is 11.7. The van der Waals surface area contributed by atoms with Crippen LogP contribution in [0.2, 0.25) is 0 Å². The Labute approximate surface area is 206 Å². The second-order valence-corrected chi connectivity index (χ2v) is 7.55. The average molecular weight is 527 g/mol. The minimum atomic E-state index is -4.55. The summed E-state index contributed by atoms with van der Waals surface area (Å²) in [5.41, 5.74) is -1.11. The highest BCUT2D eigenvalue weighted by atomic mass is 19.4. The summed E-state index contributed by atoms with van der Waals surface area (Å²) in [6, 6.07) is 13.4. The molecule has 0 heterocycles. The molecule has 37 heavy (non-hydrogen) atoms. The number of nitrogens with zero attached hydrogens (tertiary/aromatic N) is 1. The molecule has 6 nitrogen and oxygen atoms in total. The van der Waals surface area contributed by atoms with Gasteiger partial charge < -0.3 is 19.4 Å². The molecule has 0 aliphatic carbocycles. The van der Waals surface area contributed by atoms with Gasteiger partial charge in [-0.2, -0.15) is 26.3 Å². The van der Waals surface area contributed by atoms with E-state index in [9.17, 15) is 31.1 Å². The SMILES string of the molecule is O=C(O)CON=Cc1cccc(OCc2cccc(C(F)(F)F)c2)c1OCc1cccc(C(F)(F)F)c1. The Morgan fingerprint density at radius 2 is 1.35 bits per heavy atom. The summed E-state index contributed by atoms with van der Waals surface area (Å²) in [4.78, 5) is 15.2. The van der Waals surface area contributed by atoms with Crippen LogP contribution in [0.3, 0.4) is 0 Å². The number of rotatable bonds is 10. The summed E-state index contributed by atoms with van der Waals surface area (Å²) in [7, 11) is 0. The number of para-hydroxylation sites is 1. The fourth-order valence-electron chi connectivity index (χ4n) is 3.08. The summed E-state index contributed by atoms with van der Waals surface area (Å²) in [5, 5.41) is 12.2. The number of aliphatic carboxylic acids is 1. The molecular formula is C25H19F6NO5. The molecule has 3 rings (SSSR count). The highest BCUT2D eigenvalue weighted by Crippen LogP contribution is 2.34. The number of hydrogen-bond donors (Lipinski definition) is 1. The maximum atomic E-state index is 13.0. The molecule has 0 spiro atoms. The first kappa shape index (κ1) is 27.4. The standard InChI is InChI=1S/C25H19F6NO5/c26-24(27,28)19-7-1-4-16(10-19)13-35-21-9-3-6-18(12-32-37-15-22(33)34)23(21)36-14-17-5-2-8-20(11-17)25(29,30)31/h1-12H,13-15H2,(H,33,34). The predicted octanol–water partition coefficient (Wildman–Crippen LogP) is 6.32. The fourth-order valence-corrected chi connectivity index (χ4v) is 3.08. The van der Waals surface area contributed by atoms with Crippen molar-refractivity contribution >= 4 is 12.2 Å². The summed E-state index contributed by atoms with van der Waals surface area (Å²) >= 11 is 0. The molecule has 3 aromatic rings. The third-order valence-electron chi connectivity index (χ3n) is 4.75. The molecule has 0 radical (unpaired) electrons. The van der Waals surface area contributed by atoms with Gasteiger partial charge in [0.05, 0.1) is 17.3 Å². The van der Waals surface area contributed by atoms with Gasteiger partial charge in [-0.3, -0.25) is 0 Å². The van der Waals surface area contributed by atoms with Crippen molar-refractivity contribution in [3.8, 4) is 11.5 Å². The van der Waals surface area contributed by atoms with Crippen molar-refractivity contribution in [3.05, 3.63) is 94.5 Å². The van der Waals surface area contributed by atoms with Crippen molar-refractivity contribution in [2.45, 2.75) is 25.6 Å². The summed E-state index contributed by atoms with van der Waals surface area (Å²) in [6.07, 6.45) is -7.98. The van der Waals surface area contributed by atoms with Crippen LogP contribution in [0.25, 0.3) is 0 Å². The Bertz CT molecular complexity index is 1260. The van der Waals surface area contributed by atoms with Crippen LogP contribution in [0, 0.1) is 0 Å². The van der Waals surface area contributed by atoms with Crippen molar-refractivity contribution in [3.63, 3.8) is 0 Å². The van der Waals surface area contributed by atoms with E-state index in [0.717, 1.165) is 30.5 Å². The van der Waals surface area contributed by atoms with Crippen LogP contribution in [0.1, 0.15) is 27.8 Å². The van der Waals surface area contributed by atoms with Crippen LogP contribution in [0.15, 0.2) is 71.9 Å². The zero-order valence-corrected chi connectivity index (χ0v) is 18.8. The van der Waals surface area contributed by atoms with Crippen molar-refractivity contribution in [1.82, 2.24) is 0 Å². The number of carbonyl (C=O) groups is 1. The van der Waals surface area contributed by atoms with E-state index in [4.69, 9.17) is 14.6 Å². The molecule has 0 amide bonds. The smallest absolute Gasteiger partial charge is 0.416 e. The minimum absolute atomic E-state index is 0.00885. The molecule has 0 aliphatic heterocycles. The van der Waals surface area contributed by atoms with Gasteiger partial charge >= 0.3 is 18.3 Å². The van der Waals surface area contributed by atoms with Crippen LogP contribution in [0.5, 0.6) is 11.5 Å². The summed E-state index contributed by atoms with van der Waals surface area (Å²) in [5.74, 6) is -1.20. The summed E-state index contributed by atoms with van der Waals surface area (Å²) in [6.45, 7) is -1.31. The Morgan fingerprint density at radius 1 is 0.811 bits per heavy atom. The number of alkyl halides is 6. The Balaban J connectivity index is 1.85. The highest BCUT2D eigenvalue weighted by molar-refractivity contribution is 5.84. The first-order valence-corrected chi connectivity index (χ1v) is 10.5. The molecule has 0 fully saturated rings. The highest BCUT2D eigenvalue weighted by Gasteiger charge is 2.31. The van der Waals surface area contributed by atoms with Crippen molar-refractivity contribution < 1.29 is 50.6 Å². The molecule has 0 aliphatic rings. The number of benzene rings is 3. The summed E-state index contributed by atoms with van der Waals surface area (Å²) < 4.78 is 89.6. The van der Waals surface area contributed by atoms with Gasteiger partial charge in [-0.15, -0.1) is 0 Å². The number of ether oxygens (including phenoxy) is 2. The number of hydrogen-bond acceptors (Lipinski definition) is 5. The number of oxime groups is 1. The van der Waals surface area contributed by atoms with Crippen LogP contribution < -0.4 is 9.47 Å². The van der Waals surface area contributed by atoms with Gasteiger partial charge in [-0.05, 0) is 47.5 Å². The van der Waals surface area contributed by atoms with E-state index in [2.05, 4.69) is 9.99 Å². The third-order valence-corrected chi connectivity index (χ3v) is 4.75. The molecule has 0 saturated heterocycles. The van der Waals surface area contributed by atoms with E-state index >= 15 is 0 Å². The Kier molecular flexibility index (Phi) is 8.64. The lowest BCUT2D eigenvalue weighted by molar-refractivity contribution is -0.142. The number of carboxylic acid groups (broad SMARTS) is 1. The average Bonchev–Trinajstić information content (AvgIpc) is 2.84. The maximum absolute atomic E-state index is 13.0. The topological polar surface area (TPSA) is 77.4 Å². The Morgan fingerprint density at radius 3 is 1.89 bits per heavy atom. The third kappa shape index (κ3) is 8.16. The van der Waals surface area contributed by atoms with Crippen LogP contribution in [0.4, 0.5) is 26.3 Å². The fraction of sp³-hybridized carbons (Fsp3) is 0.200. The van der Waals surface area contributed by atoms with Gasteiger partial charge in [0.1, 0.15) is 13.2 Å². The quantitative estimate of drug-likeness (QED) is 0.190. The maximum Gasteiger partial charge on any atom is 0.416 e. The largest absolute Gasteiger partial charge is 0.485 e. The van der Waals surface area contributed by atoms with Crippen molar-refractivity contribution in [2.24, 2.45) is 5.16 Å². The van der Waals surface area contributed by atoms with E-state index in [0.29, 0.717) is 0 Å². The molecule has 0 bridgehead atoms. The molecule has 196 valence electrons. The van der Waals surface area contributed by atoms with Gasteiger partial charge in [-0.1, -0.05) is 35.5 Å². The molecule has 0 aromatic heterocycles. The van der Waals surface area contributed by atoms with Gasteiger partial charge in [-0.25, -0.2) is 4.79 Å². The van der Waals surface area contributed by atoms with Crippen molar-refractivity contribution in [1.29, 1.82) is 0 Å². The number of halogens is 6. The van der Waals surface area contributed by atoms with E-state index in [1.165, 1.54) is 42.5 Å². The van der Waals surface area contributed by atoms with E-state index in [-0.39, 0.29) is 41.4 Å². The molecule has 0 atom stereocenters. The zero-order chi connectivity index (χ0) is 27.1. The van der Waals surface area contributed by atoms with E-state index in [1.54, 1.807) is 0 Å². The van der Waals surface area contributed by atoms with Crippen LogP contribution in [-0.4, -0.2) is 23.9 Å². The van der Waals surface area contributed by atoms with Crippen LogP contribution in [-0.2, 0) is 35.2 Å². The molecule has 0 saturated carbocycles. The van der Waals surface area contributed by atoms with Gasteiger partial charge in [0.25, 0.3) is 0 Å². The molecule has 0 unspecified atom stereocenters. The molecule has 12 heteroatoms. The van der Waals surface area contributed by atoms with Crippen LogP contribution >= 0.6 is 0 Å². The monoisotopic (exact) mass is 527 g/mol. The zero-order valence-electron chi connectivity index (χ0n) is 18.8. The lowest BCUT2D eigenvalue weighted by Crippen LogP contribution is -2.08. The molecule has 1 N–H and O–H groups in total. The lowest BCUT2D eigenvalue weighted by Gasteiger charge is -2.16. The molecular weight excluding hydrogens is 508 g/mol. The van der Waals surface area contributed by atoms with Crippen molar-refractivity contribution in [2.75, 3.05) is 6.61 Å². The Hall–Kier alpha value is -4.22. The molecule has 3 aromatic carbocycles. The number of carboxylic acids is 1. The van der Waals surface area contributed by atoms with E-state index in [1.807, 2.05) is 0 Å².